The predicted molar refractivity (Wildman–Crippen MR) is 545 cm³/mol. The SMILES string of the molecule is CC[C@H](C)[C@@H]([C@@H](CC(=O)N1CCC[C@H]1C[C@@H](C)C(=O)N[C@H](C)[C@@H](O)c1ccccc1)OC)N(C)C(=O)[C@@H](NC(=O)[C@H](C(C)C)N(C)C(=O)OCc1ccc(NC(=O)[C@H](CCCNC(N)=O)NC(=O)[C@@H](NC(=O)[C@H](CCC(N)=O)NC(=O)CCOCCOCCOCCOCCC(=O)NCCNc2ncc(-c3cc(C)cc(F)c3)c(N3CCC(N)CC3)c2-c2nc3ccc(Cl)cc3[nH]2)C(C)C)cc1C(=O)NC)C(C)C. The molecule has 0 bridgehead atoms. The first-order valence-corrected chi connectivity index (χ1v) is 50.0. The number of aromatic amines is 1. The number of hydrogen-bond donors (Lipinski definition) is 15. The molecule has 0 spiro atoms. The van der Waals surface area contributed by atoms with Crippen LogP contribution >= 0.6 is 11.6 Å². The van der Waals surface area contributed by atoms with Crippen LogP contribution < -0.4 is 75.3 Å². The summed E-state index contributed by atoms with van der Waals surface area (Å²) in [6.07, 6.45) is 2.15. The molecule has 12 atom stereocenters. The number of fused-ring (bicyclic) bond motifs is 1. The van der Waals surface area contributed by atoms with Crippen molar-refractivity contribution in [3.63, 3.8) is 0 Å². The number of piperidine rings is 1. The normalized spacial score (nSPS) is 15.6. The molecule has 2 fully saturated rings. The number of carbonyl (C=O) groups is 13. The van der Waals surface area contributed by atoms with Gasteiger partial charge in [-0.15, -0.1) is 0 Å². The molecular weight excluding hydrogens is 1880 g/mol. The number of hydrogen-bond acceptors (Lipinski definition) is 25. The number of benzene rings is 4. The van der Waals surface area contributed by atoms with Gasteiger partial charge in [-0.2, -0.15) is 0 Å². The highest BCUT2D eigenvalue weighted by Crippen LogP contribution is 2.45. The van der Waals surface area contributed by atoms with Crippen LogP contribution in [0.5, 0.6) is 0 Å². The van der Waals surface area contributed by atoms with E-state index in [0.717, 1.165) is 46.5 Å². The van der Waals surface area contributed by atoms with Gasteiger partial charge < -0.3 is 124 Å². The molecule has 8 rings (SSSR count). The number of carbonyl (C=O) groups excluding carboxylic acids is 13. The van der Waals surface area contributed by atoms with Crippen molar-refractivity contribution in [3.05, 3.63) is 124 Å². The summed E-state index contributed by atoms with van der Waals surface area (Å²) in [5, 5.41) is 39.3. The van der Waals surface area contributed by atoms with Crippen LogP contribution in [0.4, 0.5) is 31.2 Å². The van der Waals surface area contributed by atoms with Gasteiger partial charge in [0.25, 0.3) is 5.91 Å². The van der Waals surface area contributed by atoms with E-state index in [-0.39, 0.29) is 169 Å². The number of urea groups is 1. The van der Waals surface area contributed by atoms with Crippen LogP contribution in [-0.4, -0.2) is 293 Å². The zero-order valence-electron chi connectivity index (χ0n) is 85.6. The summed E-state index contributed by atoms with van der Waals surface area (Å²) < 4.78 is 49.4. The number of nitrogens with zero attached hydrogens (tertiary/aromatic N) is 6. The fourth-order valence-electron chi connectivity index (χ4n) is 17.7. The van der Waals surface area contributed by atoms with Gasteiger partial charge in [0.05, 0.1) is 106 Å². The topological polar surface area (TPSA) is 550 Å². The molecule has 18 N–H and O–H groups in total. The molecule has 0 unspecified atom stereocenters. The number of likely N-dealkylation sites (tertiary alicyclic amines) is 1. The van der Waals surface area contributed by atoms with Crippen LogP contribution in [0.3, 0.4) is 0 Å². The van der Waals surface area contributed by atoms with Gasteiger partial charge in [0.15, 0.2) is 0 Å². The molecule has 0 radical (unpaired) electrons. The van der Waals surface area contributed by atoms with E-state index < -0.39 is 144 Å². The smallest absolute Gasteiger partial charge is 0.410 e. The highest BCUT2D eigenvalue weighted by Gasteiger charge is 2.43. The summed E-state index contributed by atoms with van der Waals surface area (Å²) in [7, 11) is 5.82. The van der Waals surface area contributed by atoms with Crippen LogP contribution in [0.1, 0.15) is 186 Å². The Morgan fingerprint density at radius 3 is 1.93 bits per heavy atom. The molecule has 792 valence electrons. The Hall–Kier alpha value is -12.3. The third kappa shape index (κ3) is 35.6. The Labute approximate surface area is 847 Å². The zero-order valence-corrected chi connectivity index (χ0v) is 86.3. The summed E-state index contributed by atoms with van der Waals surface area (Å²) in [4.78, 5) is 198. The molecule has 2 aliphatic heterocycles. The molecule has 6 aromatic rings. The second-order valence-corrected chi connectivity index (χ2v) is 38.3. The molecule has 144 heavy (non-hydrogen) atoms. The number of amides is 14. The Kier molecular flexibility index (Phi) is 47.6. The van der Waals surface area contributed by atoms with Crippen molar-refractivity contribution >= 4 is 117 Å². The Bertz CT molecular complexity index is 5240. The number of likely N-dealkylation sites (N-methyl/N-ethyl adjacent to an activating group) is 2. The van der Waals surface area contributed by atoms with Crippen molar-refractivity contribution in [1.29, 1.82) is 0 Å². The predicted octanol–water partition coefficient (Wildman–Crippen LogP) is 7.79. The maximum atomic E-state index is 15.0. The highest BCUT2D eigenvalue weighted by atomic mass is 35.5. The minimum Gasteiger partial charge on any atom is -0.445 e. The van der Waals surface area contributed by atoms with E-state index in [9.17, 15) is 67.4 Å². The number of primary amides is 2. The third-order valence-corrected chi connectivity index (χ3v) is 26.0. The third-order valence-electron chi connectivity index (χ3n) is 25.8. The number of imidazole rings is 1. The van der Waals surface area contributed by atoms with Gasteiger partial charge in [-0.05, 0) is 148 Å². The molecule has 0 saturated carbocycles. The van der Waals surface area contributed by atoms with Gasteiger partial charge in [0.1, 0.15) is 54.3 Å². The number of aliphatic hydroxyl groups is 1. The monoisotopic (exact) mass is 2030 g/mol. The van der Waals surface area contributed by atoms with Gasteiger partial charge in [0, 0.05) is 138 Å². The van der Waals surface area contributed by atoms with Crippen LogP contribution in [-0.2, 0) is 83.0 Å². The standard InChI is InChI=1S/C102H150ClFN20O20/c1-16-63(9)89(80(139-15)56-84(128)124-39-21-24-73(124)52-64(10)94(130)113-65(11)91(129)66-22-18-17-19-23-66)121(13)100(136)87(60(4)5)120-99(135)88(61(6)7)122(14)102(138)144-58-67-26-28-72(55-74(67)95(131)108-12)114-96(132)77(25-20-36-111-101(107)137)118-98(134)86(59(2)3)119-97(133)78(30-31-81(106)125)115-83(127)35-43-141-45-47-143-49-48-142-46-44-140-42-34-82(126)109-37-38-110-92-85(93-116-76-29-27-69(103)54-79(76)117-93)90(123-40-32-71(105)33-41-123)75(57-112-92)68-50-62(8)51-70(104)53-68/h17-19,22-23,26-29,50-51,53-55,57,59-61,63-65,71,73,77-78,80,86-89,91,129H,16,20-21,24-25,30-49,52,56,58,105H2,1-15H3,(H2,106,125)(H,108,131)(H,109,126)(H,110,112)(H,113,130)(H,114,132)(H,115,127)(H,116,117)(H,118,134)(H,119,133)(H,120,135)(H3,107,111,137)/t63-,64+,65+,73-,77-,78-,80+,86-,87-,88-,89-,91+/m0/s1. The quantitative estimate of drug-likeness (QED) is 0.0162. The number of halogens is 2. The summed E-state index contributed by atoms with van der Waals surface area (Å²) in [6, 6.07) is 14.8. The van der Waals surface area contributed by atoms with Crippen molar-refractivity contribution in [2.24, 2.45) is 46.8 Å². The number of anilines is 3. The summed E-state index contributed by atoms with van der Waals surface area (Å²) in [5.41, 5.74) is 23.1. The lowest BCUT2D eigenvalue weighted by Crippen LogP contribution is -2.60. The number of aromatic nitrogens is 3. The minimum atomic E-state index is -1.37. The van der Waals surface area contributed by atoms with Crippen molar-refractivity contribution in [2.45, 2.75) is 233 Å². The first-order valence-electron chi connectivity index (χ1n) is 49.6. The maximum Gasteiger partial charge on any atom is 0.410 e. The minimum absolute atomic E-state index is 0.0198. The lowest BCUT2D eigenvalue weighted by atomic mass is 9.89. The number of pyridine rings is 1. The largest absolute Gasteiger partial charge is 0.445 e. The highest BCUT2D eigenvalue weighted by molar-refractivity contribution is 6.31. The lowest BCUT2D eigenvalue weighted by molar-refractivity contribution is -0.146. The van der Waals surface area contributed by atoms with E-state index in [0.29, 0.717) is 84.3 Å². The number of ether oxygens (including phenoxy) is 6. The number of rotatable bonds is 59. The van der Waals surface area contributed by atoms with Gasteiger partial charge in [-0.3, -0.25) is 57.6 Å². The number of H-pyrrole nitrogens is 1. The maximum absolute atomic E-state index is 15.0. The van der Waals surface area contributed by atoms with Gasteiger partial charge >= 0.3 is 12.1 Å². The average Bonchev–Trinajstić information content (AvgIpc) is 1.48. The Balaban J connectivity index is 0.766. The fraction of sp³-hybridized carbons (Fsp3) is 0.578. The van der Waals surface area contributed by atoms with Gasteiger partial charge in [-0.25, -0.2) is 23.9 Å². The number of methoxy groups -OCH3 is 1. The molecule has 42 heteroatoms. The Morgan fingerprint density at radius 1 is 0.667 bits per heavy atom. The molecule has 4 aromatic carbocycles. The summed E-state index contributed by atoms with van der Waals surface area (Å²) >= 11 is 6.39. The molecule has 40 nitrogen and oxygen atoms in total. The van der Waals surface area contributed by atoms with Crippen molar-refractivity contribution in [2.75, 3.05) is 136 Å². The average molecular weight is 2030 g/mol. The van der Waals surface area contributed by atoms with Crippen LogP contribution in [0, 0.1) is 42.3 Å². The molecule has 2 aromatic heterocycles. The molecule has 0 aliphatic carbocycles. The Morgan fingerprint density at radius 2 is 1.31 bits per heavy atom. The second kappa shape index (κ2) is 58.6. The van der Waals surface area contributed by atoms with Gasteiger partial charge in [-0.1, -0.05) is 123 Å². The van der Waals surface area contributed by atoms with Crippen molar-refractivity contribution < 1.29 is 100 Å². The second-order valence-electron chi connectivity index (χ2n) is 37.9. The van der Waals surface area contributed by atoms with Crippen molar-refractivity contribution in [3.8, 4) is 22.5 Å². The van der Waals surface area contributed by atoms with Gasteiger partial charge in [0.2, 0.25) is 59.1 Å². The molecule has 14 amide bonds. The van der Waals surface area contributed by atoms with E-state index in [1.165, 1.54) is 56.4 Å². The zero-order chi connectivity index (χ0) is 106. The molecular formula is C102H150ClFN20O20. The number of aliphatic hydroxyl groups excluding tert-OH is 1. The molecule has 2 saturated heterocycles. The van der Waals surface area contributed by atoms with E-state index >= 15 is 4.39 Å². The number of nitrogens with two attached hydrogens (primary N) is 3. The van der Waals surface area contributed by atoms with Crippen molar-refractivity contribution in [1.82, 2.24) is 72.2 Å². The first kappa shape index (κ1) is 117. The fourth-order valence-corrected chi connectivity index (χ4v) is 17.8. The van der Waals surface area contributed by atoms with Crippen LogP contribution in [0.15, 0.2) is 91.1 Å². The number of aryl methyl sites for hydroxylation is 1. The van der Waals surface area contributed by atoms with Crippen LogP contribution in [0.2, 0.25) is 5.02 Å². The summed E-state index contributed by atoms with van der Waals surface area (Å²) in [6.45, 7) is 22.5. The van der Waals surface area contributed by atoms with E-state index in [1.807, 2.05) is 51.1 Å². The van der Waals surface area contributed by atoms with Crippen LogP contribution in [0.25, 0.3) is 33.5 Å². The summed E-state index contributed by atoms with van der Waals surface area (Å²) in [5.74, 6) is -8.06. The van der Waals surface area contributed by atoms with E-state index in [4.69, 9.17) is 67.2 Å². The first-order chi connectivity index (χ1) is 68.6. The molecule has 4 heterocycles. The lowest BCUT2D eigenvalue weighted by Gasteiger charge is -2.40. The van der Waals surface area contributed by atoms with E-state index in [2.05, 4.69) is 63.1 Å². The number of nitrogens with one attached hydrogen (secondary N) is 11. The molecule has 2 aliphatic rings. The van der Waals surface area contributed by atoms with E-state index in [1.54, 1.807) is 97.8 Å².